The van der Waals surface area contributed by atoms with E-state index < -0.39 is 12.1 Å². The molecule has 1 aliphatic rings. The molecular formula is C14H18O3. The molecule has 1 aromatic carbocycles. The van der Waals surface area contributed by atoms with Crippen molar-refractivity contribution in [3.8, 4) is 0 Å². The number of carbonyl (C=O) groups is 1. The molecule has 1 aromatic rings. The number of aliphatic hydroxyl groups excluding tert-OH is 1. The molecule has 0 spiro atoms. The van der Waals surface area contributed by atoms with Gasteiger partial charge in [-0.1, -0.05) is 37.1 Å². The van der Waals surface area contributed by atoms with Gasteiger partial charge in [0.2, 0.25) is 0 Å². The van der Waals surface area contributed by atoms with E-state index in [1.165, 1.54) is 12.8 Å². The number of carboxylic acid groups (broad SMARTS) is 1. The third-order valence-corrected chi connectivity index (χ3v) is 3.49. The molecule has 1 aliphatic carbocycles. The van der Waals surface area contributed by atoms with E-state index in [0.717, 1.165) is 24.0 Å². The summed E-state index contributed by atoms with van der Waals surface area (Å²) in [5, 5.41) is 19.0. The van der Waals surface area contributed by atoms with Crippen molar-refractivity contribution in [3.63, 3.8) is 0 Å². The molecule has 3 nitrogen and oxygen atoms in total. The topological polar surface area (TPSA) is 57.5 Å². The van der Waals surface area contributed by atoms with E-state index in [2.05, 4.69) is 0 Å². The second-order valence-corrected chi connectivity index (χ2v) is 4.80. The highest BCUT2D eigenvalue weighted by Crippen LogP contribution is 2.35. The van der Waals surface area contributed by atoms with E-state index in [0.29, 0.717) is 5.92 Å². The van der Waals surface area contributed by atoms with Crippen molar-refractivity contribution in [1.29, 1.82) is 0 Å². The van der Waals surface area contributed by atoms with Crippen molar-refractivity contribution < 1.29 is 15.0 Å². The summed E-state index contributed by atoms with van der Waals surface area (Å²) < 4.78 is 0. The fraction of sp³-hybridized carbons (Fsp3) is 0.500. The molecule has 0 heterocycles. The van der Waals surface area contributed by atoms with Gasteiger partial charge >= 0.3 is 5.97 Å². The van der Waals surface area contributed by atoms with Gasteiger partial charge in [0.1, 0.15) is 0 Å². The minimum Gasteiger partial charge on any atom is -0.481 e. The molecule has 0 saturated heterocycles. The lowest BCUT2D eigenvalue weighted by Gasteiger charge is -2.18. The molecule has 0 aromatic heterocycles. The third kappa shape index (κ3) is 3.07. The highest BCUT2D eigenvalue weighted by molar-refractivity contribution is 5.70. The van der Waals surface area contributed by atoms with Crippen LogP contribution in [0.3, 0.4) is 0 Å². The molecule has 17 heavy (non-hydrogen) atoms. The fourth-order valence-corrected chi connectivity index (χ4v) is 2.61. The van der Waals surface area contributed by atoms with E-state index in [9.17, 15) is 9.90 Å². The quantitative estimate of drug-likeness (QED) is 0.841. The zero-order chi connectivity index (χ0) is 12.3. The number of hydrogen-bond acceptors (Lipinski definition) is 2. The van der Waals surface area contributed by atoms with E-state index >= 15 is 0 Å². The van der Waals surface area contributed by atoms with Gasteiger partial charge in [-0.25, -0.2) is 0 Å². The fourth-order valence-electron chi connectivity index (χ4n) is 2.61. The minimum atomic E-state index is -0.836. The number of benzene rings is 1. The molecule has 92 valence electrons. The first kappa shape index (κ1) is 12.1. The average Bonchev–Trinajstić information content (AvgIpc) is 2.81. The number of rotatable bonds is 4. The van der Waals surface area contributed by atoms with Gasteiger partial charge in [0.15, 0.2) is 0 Å². The van der Waals surface area contributed by atoms with Crippen LogP contribution in [0.1, 0.15) is 42.9 Å². The molecule has 1 unspecified atom stereocenters. The Kier molecular flexibility index (Phi) is 3.79. The highest BCUT2D eigenvalue weighted by Gasteiger charge is 2.24. The predicted molar refractivity (Wildman–Crippen MR) is 64.7 cm³/mol. The van der Waals surface area contributed by atoms with Gasteiger partial charge in [-0.2, -0.15) is 0 Å². The Morgan fingerprint density at radius 3 is 2.71 bits per heavy atom. The number of aliphatic carboxylic acids is 1. The Hall–Kier alpha value is -1.35. The van der Waals surface area contributed by atoms with E-state index in [-0.39, 0.29) is 6.42 Å². The first-order valence-corrected chi connectivity index (χ1v) is 6.15. The maximum Gasteiger partial charge on any atom is 0.307 e. The summed E-state index contributed by atoms with van der Waals surface area (Å²) in [6, 6.07) is 7.32. The van der Waals surface area contributed by atoms with Gasteiger partial charge in [-0.15, -0.1) is 0 Å². The smallest absolute Gasteiger partial charge is 0.307 e. The first-order valence-electron chi connectivity index (χ1n) is 6.15. The summed E-state index contributed by atoms with van der Waals surface area (Å²) in [5.74, 6) is -0.493. The van der Waals surface area contributed by atoms with Gasteiger partial charge in [-0.05, 0) is 29.9 Å². The first-order chi connectivity index (χ1) is 8.16. The lowest BCUT2D eigenvalue weighted by atomic mass is 9.93. The van der Waals surface area contributed by atoms with Gasteiger partial charge in [0.05, 0.1) is 12.5 Å². The summed E-state index contributed by atoms with van der Waals surface area (Å²) in [7, 11) is 0. The van der Waals surface area contributed by atoms with E-state index in [1.54, 1.807) is 6.07 Å². The predicted octanol–water partition coefficient (Wildman–Crippen LogP) is 2.54. The van der Waals surface area contributed by atoms with Gasteiger partial charge < -0.3 is 10.2 Å². The Morgan fingerprint density at radius 2 is 2.06 bits per heavy atom. The molecule has 3 heteroatoms. The lowest BCUT2D eigenvalue weighted by Crippen LogP contribution is -2.09. The van der Waals surface area contributed by atoms with Crippen LogP contribution in [0.4, 0.5) is 0 Å². The zero-order valence-electron chi connectivity index (χ0n) is 9.80. The molecule has 1 fully saturated rings. The van der Waals surface area contributed by atoms with Gasteiger partial charge in [0.25, 0.3) is 0 Å². The molecular weight excluding hydrogens is 216 g/mol. The van der Waals surface area contributed by atoms with E-state index in [1.807, 2.05) is 18.2 Å². The van der Waals surface area contributed by atoms with Crippen molar-refractivity contribution in [2.24, 2.45) is 5.92 Å². The molecule has 1 saturated carbocycles. The van der Waals surface area contributed by atoms with Crippen LogP contribution in [0.5, 0.6) is 0 Å². The van der Waals surface area contributed by atoms with Crippen LogP contribution in [0, 0.1) is 5.92 Å². The molecule has 1 atom stereocenters. The van der Waals surface area contributed by atoms with Crippen molar-refractivity contribution in [3.05, 3.63) is 35.4 Å². The normalized spacial score (nSPS) is 18.2. The minimum absolute atomic E-state index is 0.0191. The summed E-state index contributed by atoms with van der Waals surface area (Å²) in [5.41, 5.74) is 1.61. The van der Waals surface area contributed by atoms with Crippen molar-refractivity contribution in [1.82, 2.24) is 0 Å². The molecule has 2 N–H and O–H groups in total. The Morgan fingerprint density at radius 1 is 1.35 bits per heavy atom. The number of aliphatic hydroxyl groups is 1. The molecule has 0 amide bonds. The standard InChI is InChI=1S/C14H18O3/c15-13(16)9-10-4-3-7-12(8-10)14(17)11-5-1-2-6-11/h3-4,7-8,11,14,17H,1-2,5-6,9H2,(H,15,16). The third-order valence-electron chi connectivity index (χ3n) is 3.49. The summed E-state index contributed by atoms with van der Waals surface area (Å²) >= 11 is 0. The van der Waals surface area contributed by atoms with Crippen LogP contribution in [-0.4, -0.2) is 16.2 Å². The van der Waals surface area contributed by atoms with Crippen molar-refractivity contribution >= 4 is 5.97 Å². The van der Waals surface area contributed by atoms with Crippen LogP contribution in [0.25, 0.3) is 0 Å². The second kappa shape index (κ2) is 5.32. The molecule has 0 aliphatic heterocycles. The monoisotopic (exact) mass is 234 g/mol. The van der Waals surface area contributed by atoms with Crippen molar-refractivity contribution in [2.45, 2.75) is 38.2 Å². The summed E-state index contributed by atoms with van der Waals surface area (Å²) in [6.07, 6.45) is 4.11. The largest absolute Gasteiger partial charge is 0.481 e. The van der Waals surface area contributed by atoms with Crippen LogP contribution < -0.4 is 0 Å². The van der Waals surface area contributed by atoms with Crippen LogP contribution in [0.2, 0.25) is 0 Å². The van der Waals surface area contributed by atoms with E-state index in [4.69, 9.17) is 5.11 Å². The van der Waals surface area contributed by atoms with Crippen LogP contribution >= 0.6 is 0 Å². The summed E-state index contributed by atoms with van der Waals surface area (Å²) in [4.78, 5) is 10.6. The average molecular weight is 234 g/mol. The molecule has 0 radical (unpaired) electrons. The Bertz CT molecular complexity index is 394. The lowest BCUT2D eigenvalue weighted by molar-refractivity contribution is -0.136. The number of carboxylic acids is 1. The second-order valence-electron chi connectivity index (χ2n) is 4.80. The molecule has 2 rings (SSSR count). The highest BCUT2D eigenvalue weighted by atomic mass is 16.4. The van der Waals surface area contributed by atoms with Gasteiger partial charge in [-0.3, -0.25) is 4.79 Å². The van der Waals surface area contributed by atoms with Crippen molar-refractivity contribution in [2.75, 3.05) is 0 Å². The molecule has 0 bridgehead atoms. The summed E-state index contributed by atoms with van der Waals surface area (Å²) in [6.45, 7) is 0. The Balaban J connectivity index is 2.11. The van der Waals surface area contributed by atoms with Gasteiger partial charge in [0, 0.05) is 0 Å². The van der Waals surface area contributed by atoms with Crippen LogP contribution in [0.15, 0.2) is 24.3 Å². The van der Waals surface area contributed by atoms with Crippen LogP contribution in [-0.2, 0) is 11.2 Å². The number of hydrogen-bond donors (Lipinski definition) is 2. The maximum absolute atomic E-state index is 10.6. The zero-order valence-corrected chi connectivity index (χ0v) is 9.80. The maximum atomic E-state index is 10.6. The Labute approximate surface area is 101 Å². The SMILES string of the molecule is O=C(O)Cc1cccc(C(O)C2CCCC2)c1.